The average molecular weight is 283 g/mol. The van der Waals surface area contributed by atoms with E-state index in [1.165, 1.54) is 9.80 Å². The molecular formula is C13H21N3O4. The minimum absolute atomic E-state index is 0.193. The van der Waals surface area contributed by atoms with Crippen molar-refractivity contribution >= 4 is 17.9 Å². The fourth-order valence-corrected chi connectivity index (χ4v) is 2.81. The number of carbonyl (C=O) groups is 3. The number of hydrogen-bond acceptors (Lipinski definition) is 3. The highest BCUT2D eigenvalue weighted by Gasteiger charge is 2.39. The van der Waals surface area contributed by atoms with Gasteiger partial charge >= 0.3 is 12.0 Å². The van der Waals surface area contributed by atoms with E-state index in [4.69, 9.17) is 0 Å². The highest BCUT2D eigenvalue weighted by Crippen LogP contribution is 2.24. The van der Waals surface area contributed by atoms with Gasteiger partial charge in [0.15, 0.2) is 0 Å². The van der Waals surface area contributed by atoms with Crippen molar-refractivity contribution in [2.75, 3.05) is 19.6 Å². The number of likely N-dealkylation sites (tertiary alicyclic amines) is 1. The highest BCUT2D eigenvalue weighted by atomic mass is 16.4. The maximum Gasteiger partial charge on any atom is 0.326 e. The van der Waals surface area contributed by atoms with Crippen LogP contribution < -0.4 is 5.32 Å². The maximum atomic E-state index is 12.5. The lowest BCUT2D eigenvalue weighted by Crippen LogP contribution is -2.62. The van der Waals surface area contributed by atoms with Crippen LogP contribution in [0.3, 0.4) is 0 Å². The van der Waals surface area contributed by atoms with Crippen LogP contribution in [0.2, 0.25) is 0 Å². The molecule has 3 atom stereocenters. The molecule has 2 aliphatic rings. The van der Waals surface area contributed by atoms with Gasteiger partial charge in [-0.25, -0.2) is 9.59 Å². The van der Waals surface area contributed by atoms with Crippen LogP contribution in [0.15, 0.2) is 0 Å². The first-order valence-electron chi connectivity index (χ1n) is 6.99. The van der Waals surface area contributed by atoms with Crippen molar-refractivity contribution in [2.24, 2.45) is 5.92 Å². The molecule has 2 fully saturated rings. The summed E-state index contributed by atoms with van der Waals surface area (Å²) in [4.78, 5) is 38.4. The van der Waals surface area contributed by atoms with Crippen molar-refractivity contribution < 1.29 is 19.5 Å². The third-order valence-corrected chi connectivity index (χ3v) is 4.14. The van der Waals surface area contributed by atoms with E-state index in [1.54, 1.807) is 6.92 Å². The molecule has 0 bridgehead atoms. The Bertz CT molecular complexity index is 426. The molecule has 0 aromatic heterocycles. The van der Waals surface area contributed by atoms with Crippen LogP contribution in [-0.4, -0.2) is 64.5 Å². The molecule has 2 N–H and O–H groups in total. The van der Waals surface area contributed by atoms with Crippen LogP contribution in [0, 0.1) is 5.92 Å². The Morgan fingerprint density at radius 1 is 1.25 bits per heavy atom. The zero-order valence-electron chi connectivity index (χ0n) is 11.8. The average Bonchev–Trinajstić information content (AvgIpc) is 2.41. The molecule has 0 aromatic rings. The molecule has 7 heteroatoms. The second-order valence-electron chi connectivity index (χ2n) is 5.62. The quantitative estimate of drug-likeness (QED) is 0.715. The van der Waals surface area contributed by atoms with Crippen molar-refractivity contribution in [2.45, 2.75) is 38.8 Å². The molecule has 0 aromatic carbocycles. The van der Waals surface area contributed by atoms with Gasteiger partial charge in [0.1, 0.15) is 12.1 Å². The van der Waals surface area contributed by atoms with Crippen molar-refractivity contribution in [1.82, 2.24) is 15.1 Å². The molecule has 3 amide bonds. The number of urea groups is 1. The second-order valence-corrected chi connectivity index (χ2v) is 5.62. The van der Waals surface area contributed by atoms with E-state index >= 15 is 0 Å². The molecule has 2 rings (SSSR count). The Hall–Kier alpha value is -1.79. The molecular weight excluding hydrogens is 262 g/mol. The van der Waals surface area contributed by atoms with Gasteiger partial charge in [-0.05, 0) is 25.7 Å². The van der Waals surface area contributed by atoms with E-state index in [0.29, 0.717) is 32.0 Å². The zero-order valence-corrected chi connectivity index (χ0v) is 11.8. The summed E-state index contributed by atoms with van der Waals surface area (Å²) in [7, 11) is 0. The van der Waals surface area contributed by atoms with Crippen molar-refractivity contribution in [3.05, 3.63) is 0 Å². The van der Waals surface area contributed by atoms with Gasteiger partial charge in [-0.1, -0.05) is 6.92 Å². The van der Waals surface area contributed by atoms with Crippen molar-refractivity contribution in [3.63, 3.8) is 0 Å². The first-order chi connectivity index (χ1) is 9.41. The lowest BCUT2D eigenvalue weighted by molar-refractivity contribution is -0.144. The number of nitrogens with zero attached hydrogens (tertiary/aromatic N) is 2. The molecule has 7 nitrogen and oxygen atoms in total. The Labute approximate surface area is 117 Å². The predicted molar refractivity (Wildman–Crippen MR) is 71.1 cm³/mol. The van der Waals surface area contributed by atoms with Gasteiger partial charge in [0.25, 0.3) is 0 Å². The Kier molecular flexibility index (Phi) is 4.15. The van der Waals surface area contributed by atoms with E-state index in [0.717, 1.165) is 6.42 Å². The van der Waals surface area contributed by atoms with E-state index in [-0.39, 0.29) is 11.9 Å². The second kappa shape index (κ2) is 5.68. The number of piperidine rings is 1. The van der Waals surface area contributed by atoms with E-state index in [9.17, 15) is 19.5 Å². The number of amides is 3. The summed E-state index contributed by atoms with van der Waals surface area (Å²) in [5.41, 5.74) is 0. The fraction of sp³-hybridized carbons (Fsp3) is 0.769. The Morgan fingerprint density at radius 2 is 1.95 bits per heavy atom. The molecule has 20 heavy (non-hydrogen) atoms. The number of rotatable bonds is 1. The number of carboxylic acids is 1. The molecule has 0 spiro atoms. The third kappa shape index (κ3) is 2.71. The molecule has 0 saturated carbocycles. The van der Waals surface area contributed by atoms with Crippen LogP contribution in [0.4, 0.5) is 4.79 Å². The third-order valence-electron chi connectivity index (χ3n) is 4.14. The van der Waals surface area contributed by atoms with Crippen LogP contribution >= 0.6 is 0 Å². The smallest absolute Gasteiger partial charge is 0.326 e. The van der Waals surface area contributed by atoms with Crippen LogP contribution in [-0.2, 0) is 9.59 Å². The molecule has 2 heterocycles. The van der Waals surface area contributed by atoms with Gasteiger partial charge < -0.3 is 20.2 Å². The molecule has 0 aliphatic carbocycles. The summed E-state index contributed by atoms with van der Waals surface area (Å²) in [5.74, 6) is -0.872. The Morgan fingerprint density at radius 3 is 2.60 bits per heavy atom. The zero-order chi connectivity index (χ0) is 14.9. The maximum absolute atomic E-state index is 12.5. The van der Waals surface area contributed by atoms with Gasteiger partial charge in [-0.15, -0.1) is 0 Å². The molecule has 112 valence electrons. The van der Waals surface area contributed by atoms with E-state index in [1.807, 2.05) is 6.92 Å². The number of aliphatic carboxylic acids is 1. The van der Waals surface area contributed by atoms with Gasteiger partial charge in [0, 0.05) is 19.6 Å². The molecule has 0 radical (unpaired) electrons. The first-order valence-corrected chi connectivity index (χ1v) is 6.99. The van der Waals surface area contributed by atoms with E-state index in [2.05, 4.69) is 5.32 Å². The summed E-state index contributed by atoms with van der Waals surface area (Å²) < 4.78 is 0. The van der Waals surface area contributed by atoms with E-state index < -0.39 is 18.1 Å². The number of carbonyl (C=O) groups excluding carboxylic acids is 2. The van der Waals surface area contributed by atoms with Gasteiger partial charge in [-0.2, -0.15) is 0 Å². The molecule has 2 saturated heterocycles. The van der Waals surface area contributed by atoms with Crippen molar-refractivity contribution in [3.8, 4) is 0 Å². The number of hydrogen-bond donors (Lipinski definition) is 2. The normalized spacial score (nSPS) is 30.9. The standard InChI is InChI=1S/C13H21N3O4/c1-8-3-5-16(10(7-8)12(18)19)13(20)15-6-4-14-11(17)9(15)2/h8-10H,3-7H2,1-2H3,(H,14,17)(H,18,19). The highest BCUT2D eigenvalue weighted by molar-refractivity contribution is 5.89. The minimum atomic E-state index is -0.973. The fourth-order valence-electron chi connectivity index (χ4n) is 2.81. The van der Waals surface area contributed by atoms with Crippen LogP contribution in [0.1, 0.15) is 26.7 Å². The molecule has 3 unspecified atom stereocenters. The number of nitrogens with one attached hydrogen (secondary N) is 1. The number of piperazine rings is 1. The predicted octanol–water partition coefficient (Wildman–Crippen LogP) is 0.112. The summed E-state index contributed by atoms with van der Waals surface area (Å²) in [6, 6.07) is -1.68. The lowest BCUT2D eigenvalue weighted by Gasteiger charge is -2.41. The summed E-state index contributed by atoms with van der Waals surface area (Å²) in [6.45, 7) is 4.92. The summed E-state index contributed by atoms with van der Waals surface area (Å²) in [6.07, 6.45) is 1.26. The van der Waals surface area contributed by atoms with Crippen LogP contribution in [0.5, 0.6) is 0 Å². The van der Waals surface area contributed by atoms with Gasteiger partial charge in [0.05, 0.1) is 0 Å². The minimum Gasteiger partial charge on any atom is -0.480 e. The number of carboxylic acid groups (broad SMARTS) is 1. The topological polar surface area (TPSA) is 90.0 Å². The summed E-state index contributed by atoms with van der Waals surface area (Å²) >= 11 is 0. The largest absolute Gasteiger partial charge is 0.480 e. The van der Waals surface area contributed by atoms with Gasteiger partial charge in [0.2, 0.25) is 5.91 Å². The van der Waals surface area contributed by atoms with Crippen LogP contribution in [0.25, 0.3) is 0 Å². The Balaban J connectivity index is 2.14. The summed E-state index contributed by atoms with van der Waals surface area (Å²) in [5, 5.41) is 12.0. The first kappa shape index (κ1) is 14.6. The van der Waals surface area contributed by atoms with Crippen molar-refractivity contribution in [1.29, 1.82) is 0 Å². The SMILES string of the molecule is CC1CCN(C(=O)N2CCNC(=O)C2C)C(C(=O)O)C1. The van der Waals surface area contributed by atoms with Gasteiger partial charge in [-0.3, -0.25) is 4.79 Å². The monoisotopic (exact) mass is 283 g/mol. The molecule has 2 aliphatic heterocycles. The lowest BCUT2D eigenvalue weighted by atomic mass is 9.92.